The van der Waals surface area contributed by atoms with Crippen LogP contribution in [0.1, 0.15) is 31.2 Å². The molecule has 0 saturated heterocycles. The molecule has 1 aliphatic heterocycles. The summed E-state index contributed by atoms with van der Waals surface area (Å²) in [5.74, 6) is 1.82. The van der Waals surface area contributed by atoms with Crippen molar-refractivity contribution in [3.05, 3.63) is 22.7 Å². The van der Waals surface area contributed by atoms with Crippen LogP contribution in [0.3, 0.4) is 0 Å². The van der Waals surface area contributed by atoms with Crippen molar-refractivity contribution in [2.24, 2.45) is 5.73 Å². The van der Waals surface area contributed by atoms with Crippen LogP contribution in [0, 0.1) is 0 Å². The quantitative estimate of drug-likeness (QED) is 0.903. The predicted molar refractivity (Wildman–Crippen MR) is 69.1 cm³/mol. The third-order valence-electron chi connectivity index (χ3n) is 2.99. The van der Waals surface area contributed by atoms with Gasteiger partial charge in [0.25, 0.3) is 0 Å². The van der Waals surface area contributed by atoms with Crippen molar-refractivity contribution >= 4 is 11.6 Å². The molecule has 1 unspecified atom stereocenters. The zero-order chi connectivity index (χ0) is 12.3. The minimum absolute atomic E-state index is 0.384. The lowest BCUT2D eigenvalue weighted by atomic mass is 9.97. The number of rotatable bonds is 3. The lowest BCUT2D eigenvalue weighted by Gasteiger charge is -2.15. The molecule has 0 aromatic heterocycles. The Balaban J connectivity index is 2.31. The van der Waals surface area contributed by atoms with E-state index in [1.165, 1.54) is 0 Å². The monoisotopic (exact) mass is 255 g/mol. The van der Waals surface area contributed by atoms with Crippen molar-refractivity contribution in [2.75, 3.05) is 19.8 Å². The number of ether oxygens (including phenoxy) is 2. The maximum atomic E-state index is 6.23. The van der Waals surface area contributed by atoms with Gasteiger partial charge in [-0.25, -0.2) is 0 Å². The summed E-state index contributed by atoms with van der Waals surface area (Å²) in [7, 11) is 0. The predicted octanol–water partition coefficient (Wildman–Crippen LogP) is 2.95. The number of halogens is 1. The van der Waals surface area contributed by atoms with Crippen molar-refractivity contribution in [2.45, 2.75) is 25.7 Å². The first-order chi connectivity index (χ1) is 8.22. The van der Waals surface area contributed by atoms with Crippen LogP contribution >= 0.6 is 11.6 Å². The zero-order valence-corrected chi connectivity index (χ0v) is 10.8. The standard InChI is InChI=1S/C13H18ClNO2/c1-9(3-4-15)10-7-11(14)13-12(8-10)16-5-2-6-17-13/h7-9H,2-6,15H2,1H3. The topological polar surface area (TPSA) is 44.5 Å². The summed E-state index contributed by atoms with van der Waals surface area (Å²) < 4.78 is 11.2. The molecule has 0 amide bonds. The Bertz CT molecular complexity index is 395. The zero-order valence-electron chi connectivity index (χ0n) is 10.0. The van der Waals surface area contributed by atoms with Crippen molar-refractivity contribution in [1.29, 1.82) is 0 Å². The van der Waals surface area contributed by atoms with Gasteiger partial charge >= 0.3 is 0 Å². The second-order valence-corrected chi connectivity index (χ2v) is 4.77. The molecule has 2 rings (SSSR count). The van der Waals surface area contributed by atoms with Gasteiger partial charge in [-0.2, -0.15) is 0 Å². The van der Waals surface area contributed by atoms with E-state index < -0.39 is 0 Å². The number of hydrogen-bond acceptors (Lipinski definition) is 3. The highest BCUT2D eigenvalue weighted by Crippen LogP contribution is 2.40. The molecule has 1 atom stereocenters. The summed E-state index contributed by atoms with van der Waals surface area (Å²) in [5, 5.41) is 0.628. The van der Waals surface area contributed by atoms with E-state index in [1.807, 2.05) is 12.1 Å². The Kier molecular flexibility index (Phi) is 4.13. The minimum atomic E-state index is 0.384. The third-order valence-corrected chi connectivity index (χ3v) is 3.27. The second kappa shape index (κ2) is 5.61. The van der Waals surface area contributed by atoms with E-state index in [-0.39, 0.29) is 0 Å². The highest BCUT2D eigenvalue weighted by Gasteiger charge is 2.17. The Hall–Kier alpha value is -0.930. The van der Waals surface area contributed by atoms with Crippen LogP contribution in [0.2, 0.25) is 5.02 Å². The van der Waals surface area contributed by atoms with Gasteiger partial charge in [0.15, 0.2) is 11.5 Å². The Labute approximate surface area is 107 Å². The van der Waals surface area contributed by atoms with Gasteiger partial charge in [-0.15, -0.1) is 0 Å². The van der Waals surface area contributed by atoms with Gasteiger partial charge in [-0.3, -0.25) is 0 Å². The van der Waals surface area contributed by atoms with Gasteiger partial charge in [0.1, 0.15) is 0 Å². The Morgan fingerprint density at radius 2 is 2.12 bits per heavy atom. The summed E-state index contributed by atoms with van der Waals surface area (Å²) in [4.78, 5) is 0. The molecule has 0 saturated carbocycles. The number of nitrogens with two attached hydrogens (primary N) is 1. The van der Waals surface area contributed by atoms with Crippen LogP contribution in [-0.2, 0) is 0 Å². The summed E-state index contributed by atoms with van der Waals surface area (Å²) in [6.45, 7) is 4.15. The normalized spacial score (nSPS) is 16.4. The summed E-state index contributed by atoms with van der Waals surface area (Å²) in [6, 6.07) is 3.97. The van der Waals surface area contributed by atoms with Crippen LogP contribution in [-0.4, -0.2) is 19.8 Å². The van der Waals surface area contributed by atoms with Gasteiger partial charge in [0.05, 0.1) is 18.2 Å². The van der Waals surface area contributed by atoms with Crippen molar-refractivity contribution in [1.82, 2.24) is 0 Å². The van der Waals surface area contributed by atoms with Gasteiger partial charge in [0, 0.05) is 6.42 Å². The smallest absolute Gasteiger partial charge is 0.179 e. The van der Waals surface area contributed by atoms with Gasteiger partial charge < -0.3 is 15.2 Å². The van der Waals surface area contributed by atoms with E-state index in [1.54, 1.807) is 0 Å². The second-order valence-electron chi connectivity index (χ2n) is 4.36. The molecule has 17 heavy (non-hydrogen) atoms. The maximum absolute atomic E-state index is 6.23. The first-order valence-corrected chi connectivity index (χ1v) is 6.39. The fourth-order valence-corrected chi connectivity index (χ4v) is 2.23. The summed E-state index contributed by atoms with van der Waals surface area (Å²) >= 11 is 6.23. The van der Waals surface area contributed by atoms with Gasteiger partial charge in [-0.05, 0) is 36.6 Å². The molecule has 0 bridgehead atoms. The number of fused-ring (bicyclic) bond motifs is 1. The Morgan fingerprint density at radius 1 is 1.35 bits per heavy atom. The fourth-order valence-electron chi connectivity index (χ4n) is 1.95. The molecule has 2 N–H and O–H groups in total. The molecule has 0 radical (unpaired) electrons. The third kappa shape index (κ3) is 2.85. The molecule has 1 aliphatic rings. The average molecular weight is 256 g/mol. The molecule has 0 spiro atoms. The molecule has 4 heteroatoms. The summed E-state index contributed by atoms with van der Waals surface area (Å²) in [6.07, 6.45) is 1.83. The molecule has 3 nitrogen and oxygen atoms in total. The maximum Gasteiger partial charge on any atom is 0.179 e. The molecule has 1 heterocycles. The average Bonchev–Trinajstić information content (AvgIpc) is 2.54. The highest BCUT2D eigenvalue weighted by molar-refractivity contribution is 6.32. The number of hydrogen-bond donors (Lipinski definition) is 1. The largest absolute Gasteiger partial charge is 0.489 e. The lowest BCUT2D eigenvalue weighted by molar-refractivity contribution is 0.297. The van der Waals surface area contributed by atoms with Crippen LogP contribution in [0.5, 0.6) is 11.5 Å². The van der Waals surface area contributed by atoms with Crippen molar-refractivity contribution in [3.63, 3.8) is 0 Å². The molecule has 1 aromatic rings. The van der Waals surface area contributed by atoms with E-state index in [0.29, 0.717) is 36.4 Å². The van der Waals surface area contributed by atoms with E-state index in [0.717, 1.165) is 24.2 Å². The van der Waals surface area contributed by atoms with E-state index >= 15 is 0 Å². The van der Waals surface area contributed by atoms with Crippen molar-refractivity contribution < 1.29 is 9.47 Å². The number of benzene rings is 1. The fraction of sp³-hybridized carbons (Fsp3) is 0.538. The van der Waals surface area contributed by atoms with Gasteiger partial charge in [0.2, 0.25) is 0 Å². The molecule has 0 aliphatic carbocycles. The summed E-state index contributed by atoms with van der Waals surface area (Å²) in [5.41, 5.74) is 6.74. The highest BCUT2D eigenvalue weighted by atomic mass is 35.5. The van der Waals surface area contributed by atoms with Crippen LogP contribution in [0.15, 0.2) is 12.1 Å². The van der Waals surface area contributed by atoms with Crippen molar-refractivity contribution in [3.8, 4) is 11.5 Å². The first-order valence-electron chi connectivity index (χ1n) is 6.01. The molecular weight excluding hydrogens is 238 g/mol. The first kappa shape index (κ1) is 12.5. The van der Waals surface area contributed by atoms with Crippen LogP contribution in [0.4, 0.5) is 0 Å². The molecule has 94 valence electrons. The molecule has 0 fully saturated rings. The van der Waals surface area contributed by atoms with E-state index in [9.17, 15) is 0 Å². The van der Waals surface area contributed by atoms with Crippen LogP contribution in [0.25, 0.3) is 0 Å². The SMILES string of the molecule is CC(CCN)c1cc(Cl)c2c(c1)OCCCO2. The molecule has 1 aromatic carbocycles. The van der Waals surface area contributed by atoms with Gasteiger partial charge in [-0.1, -0.05) is 18.5 Å². The lowest BCUT2D eigenvalue weighted by Crippen LogP contribution is -2.05. The van der Waals surface area contributed by atoms with E-state index in [4.69, 9.17) is 26.8 Å². The Morgan fingerprint density at radius 3 is 2.88 bits per heavy atom. The molecular formula is C13H18ClNO2. The van der Waals surface area contributed by atoms with Crippen LogP contribution < -0.4 is 15.2 Å². The minimum Gasteiger partial charge on any atom is -0.489 e. The van der Waals surface area contributed by atoms with E-state index in [2.05, 4.69) is 6.92 Å².